The monoisotopic (exact) mass is 368 g/mol. The summed E-state index contributed by atoms with van der Waals surface area (Å²) in [5.41, 5.74) is 0.00568. The Morgan fingerprint density at radius 3 is 2.52 bits per heavy atom. The summed E-state index contributed by atoms with van der Waals surface area (Å²) in [6, 6.07) is 4.75. The van der Waals surface area contributed by atoms with E-state index < -0.39 is 34.4 Å². The minimum Gasteiger partial charge on any atom is -0.452 e. The van der Waals surface area contributed by atoms with Crippen LogP contribution in [0.3, 0.4) is 0 Å². The Bertz CT molecular complexity index is 769. The van der Waals surface area contributed by atoms with Crippen LogP contribution in [0.25, 0.3) is 0 Å². The van der Waals surface area contributed by atoms with Crippen molar-refractivity contribution < 1.29 is 27.5 Å². The molecular formula is C16H20N2O6S. The van der Waals surface area contributed by atoms with Gasteiger partial charge in [-0.25, -0.2) is 18.0 Å². The number of urea groups is 1. The highest BCUT2D eigenvalue weighted by Gasteiger charge is 2.19. The van der Waals surface area contributed by atoms with Crippen molar-refractivity contribution in [2.24, 2.45) is 0 Å². The third-order valence-corrected chi connectivity index (χ3v) is 4.89. The van der Waals surface area contributed by atoms with E-state index >= 15 is 0 Å². The van der Waals surface area contributed by atoms with Gasteiger partial charge in [-0.3, -0.25) is 10.1 Å². The molecule has 25 heavy (non-hydrogen) atoms. The van der Waals surface area contributed by atoms with E-state index in [0.717, 1.165) is 31.9 Å². The number of sulfone groups is 1. The number of ether oxygens (including phenoxy) is 1. The molecule has 136 valence electrons. The summed E-state index contributed by atoms with van der Waals surface area (Å²) in [6.45, 7) is -0.639. The molecule has 0 aromatic heterocycles. The van der Waals surface area contributed by atoms with Crippen LogP contribution in [0.2, 0.25) is 0 Å². The highest BCUT2D eigenvalue weighted by molar-refractivity contribution is 7.90. The number of imide groups is 1. The zero-order valence-electron chi connectivity index (χ0n) is 13.8. The van der Waals surface area contributed by atoms with Crippen molar-refractivity contribution in [2.45, 2.75) is 36.6 Å². The van der Waals surface area contributed by atoms with Gasteiger partial charge in [-0.05, 0) is 31.0 Å². The van der Waals surface area contributed by atoms with Crippen molar-refractivity contribution in [3.05, 3.63) is 29.8 Å². The predicted octanol–water partition coefficient (Wildman–Crippen LogP) is 1.02. The zero-order valence-corrected chi connectivity index (χ0v) is 14.6. The normalized spacial score (nSPS) is 14.8. The average Bonchev–Trinajstić information content (AvgIpc) is 3.04. The van der Waals surface area contributed by atoms with E-state index in [-0.39, 0.29) is 16.5 Å². The molecule has 0 aliphatic heterocycles. The third-order valence-electron chi connectivity index (χ3n) is 3.78. The van der Waals surface area contributed by atoms with Crippen molar-refractivity contribution in [3.63, 3.8) is 0 Å². The molecule has 8 nitrogen and oxygen atoms in total. The largest absolute Gasteiger partial charge is 0.452 e. The third kappa shape index (κ3) is 5.86. The number of hydrogen-bond donors (Lipinski definition) is 2. The molecule has 1 aromatic rings. The molecule has 1 aliphatic rings. The fourth-order valence-corrected chi connectivity index (χ4v) is 3.19. The van der Waals surface area contributed by atoms with Crippen LogP contribution in [-0.2, 0) is 19.4 Å². The molecule has 0 unspecified atom stereocenters. The Balaban J connectivity index is 1.83. The molecule has 1 aliphatic carbocycles. The van der Waals surface area contributed by atoms with E-state index in [1.54, 1.807) is 0 Å². The van der Waals surface area contributed by atoms with Crippen molar-refractivity contribution in [3.8, 4) is 0 Å². The van der Waals surface area contributed by atoms with Crippen molar-refractivity contribution in [2.75, 3.05) is 12.9 Å². The summed E-state index contributed by atoms with van der Waals surface area (Å²) in [6.07, 6.45) is 4.88. The lowest BCUT2D eigenvalue weighted by molar-refractivity contribution is -0.123. The SMILES string of the molecule is CS(=O)(=O)c1cccc(C(=O)OCC(=O)NC(=O)NC2CCCC2)c1. The van der Waals surface area contributed by atoms with Gasteiger partial charge in [0.25, 0.3) is 5.91 Å². The van der Waals surface area contributed by atoms with Crippen LogP contribution in [0, 0.1) is 0 Å². The van der Waals surface area contributed by atoms with Gasteiger partial charge in [0.1, 0.15) is 0 Å². The number of carbonyl (C=O) groups is 3. The fourth-order valence-electron chi connectivity index (χ4n) is 2.52. The molecule has 1 fully saturated rings. The van der Waals surface area contributed by atoms with E-state index in [4.69, 9.17) is 4.74 Å². The summed E-state index contributed by atoms with van der Waals surface area (Å²) in [4.78, 5) is 35.1. The summed E-state index contributed by atoms with van der Waals surface area (Å²) >= 11 is 0. The standard InChI is InChI=1S/C16H20N2O6S/c1-25(22,23)13-8-4-5-11(9-13)15(20)24-10-14(19)18-16(21)17-12-6-2-3-7-12/h4-5,8-9,12H,2-3,6-7,10H2,1H3,(H2,17,18,19,21). The van der Waals surface area contributed by atoms with Crippen LogP contribution in [0.1, 0.15) is 36.0 Å². The van der Waals surface area contributed by atoms with Gasteiger partial charge in [0.05, 0.1) is 10.5 Å². The van der Waals surface area contributed by atoms with Gasteiger partial charge in [-0.1, -0.05) is 18.9 Å². The lowest BCUT2D eigenvalue weighted by Gasteiger charge is -2.12. The van der Waals surface area contributed by atoms with Crippen molar-refractivity contribution in [1.82, 2.24) is 10.6 Å². The summed E-state index contributed by atoms with van der Waals surface area (Å²) in [5.74, 6) is -1.61. The van der Waals surface area contributed by atoms with Gasteiger partial charge in [0.15, 0.2) is 16.4 Å². The molecule has 0 saturated heterocycles. The van der Waals surface area contributed by atoms with E-state index in [0.29, 0.717) is 0 Å². The molecule has 0 radical (unpaired) electrons. The first-order chi connectivity index (χ1) is 11.8. The fraction of sp³-hybridized carbons (Fsp3) is 0.438. The van der Waals surface area contributed by atoms with E-state index in [2.05, 4.69) is 10.6 Å². The van der Waals surface area contributed by atoms with Gasteiger partial charge in [-0.2, -0.15) is 0 Å². The molecular weight excluding hydrogens is 348 g/mol. The second kappa shape index (κ2) is 8.11. The number of benzene rings is 1. The number of amides is 3. The van der Waals surface area contributed by atoms with Gasteiger partial charge in [-0.15, -0.1) is 0 Å². The second-order valence-corrected chi connectivity index (χ2v) is 7.89. The van der Waals surface area contributed by atoms with Gasteiger partial charge in [0.2, 0.25) is 0 Å². The van der Waals surface area contributed by atoms with Crippen molar-refractivity contribution in [1.29, 1.82) is 0 Å². The molecule has 2 rings (SSSR count). The minimum absolute atomic E-state index is 0.00568. The Hall–Kier alpha value is -2.42. The Morgan fingerprint density at radius 2 is 1.88 bits per heavy atom. The number of nitrogens with one attached hydrogen (secondary N) is 2. The topological polar surface area (TPSA) is 119 Å². The average molecular weight is 368 g/mol. The Morgan fingerprint density at radius 1 is 1.20 bits per heavy atom. The second-order valence-electron chi connectivity index (χ2n) is 5.88. The maximum Gasteiger partial charge on any atom is 0.338 e. The number of rotatable bonds is 5. The summed E-state index contributed by atoms with van der Waals surface area (Å²) in [7, 11) is -3.46. The van der Waals surface area contributed by atoms with Gasteiger partial charge < -0.3 is 10.1 Å². The number of carbonyl (C=O) groups excluding carboxylic acids is 3. The van der Waals surface area contributed by atoms with Crippen LogP contribution >= 0.6 is 0 Å². The molecule has 0 bridgehead atoms. The molecule has 2 N–H and O–H groups in total. The molecule has 3 amide bonds. The number of esters is 1. The molecule has 1 saturated carbocycles. The van der Waals surface area contributed by atoms with E-state index in [9.17, 15) is 22.8 Å². The molecule has 0 atom stereocenters. The van der Waals surface area contributed by atoms with E-state index in [1.165, 1.54) is 24.3 Å². The maximum absolute atomic E-state index is 11.9. The van der Waals surface area contributed by atoms with Crippen LogP contribution in [0.5, 0.6) is 0 Å². The highest BCUT2D eigenvalue weighted by Crippen LogP contribution is 2.17. The first kappa shape index (κ1) is 18.9. The minimum atomic E-state index is -3.46. The lowest BCUT2D eigenvalue weighted by atomic mass is 10.2. The van der Waals surface area contributed by atoms with Crippen LogP contribution < -0.4 is 10.6 Å². The summed E-state index contributed by atoms with van der Waals surface area (Å²) in [5, 5.41) is 4.76. The maximum atomic E-state index is 11.9. The molecule has 0 heterocycles. The number of hydrogen-bond acceptors (Lipinski definition) is 6. The Labute approximate surface area is 145 Å². The zero-order chi connectivity index (χ0) is 18.4. The predicted molar refractivity (Wildman–Crippen MR) is 88.8 cm³/mol. The van der Waals surface area contributed by atoms with E-state index in [1.807, 2.05) is 0 Å². The molecule has 9 heteroatoms. The highest BCUT2D eigenvalue weighted by atomic mass is 32.2. The smallest absolute Gasteiger partial charge is 0.338 e. The lowest BCUT2D eigenvalue weighted by Crippen LogP contribution is -2.44. The van der Waals surface area contributed by atoms with Crippen LogP contribution in [-0.4, -0.2) is 45.2 Å². The molecule has 0 spiro atoms. The Kier molecular flexibility index (Phi) is 6.13. The summed E-state index contributed by atoms with van der Waals surface area (Å²) < 4.78 is 27.8. The molecule has 1 aromatic carbocycles. The van der Waals surface area contributed by atoms with Crippen LogP contribution in [0.4, 0.5) is 4.79 Å². The van der Waals surface area contributed by atoms with Gasteiger partial charge in [0, 0.05) is 12.3 Å². The van der Waals surface area contributed by atoms with Crippen LogP contribution in [0.15, 0.2) is 29.2 Å². The van der Waals surface area contributed by atoms with Crippen molar-refractivity contribution >= 4 is 27.7 Å². The quantitative estimate of drug-likeness (QED) is 0.749. The first-order valence-electron chi connectivity index (χ1n) is 7.83. The first-order valence-corrected chi connectivity index (χ1v) is 9.72. The van der Waals surface area contributed by atoms with Gasteiger partial charge >= 0.3 is 12.0 Å².